The fourth-order valence-corrected chi connectivity index (χ4v) is 1.97. The van der Waals surface area contributed by atoms with Gasteiger partial charge in [-0.25, -0.2) is 9.97 Å². The lowest BCUT2D eigenvalue weighted by atomic mass is 10.1. The van der Waals surface area contributed by atoms with Crippen molar-refractivity contribution in [1.29, 1.82) is 0 Å². The van der Waals surface area contributed by atoms with E-state index in [9.17, 15) is 0 Å². The van der Waals surface area contributed by atoms with E-state index in [0.29, 0.717) is 0 Å². The molecule has 18 heavy (non-hydrogen) atoms. The maximum atomic E-state index is 4.51. The minimum atomic E-state index is 0.805. The van der Waals surface area contributed by atoms with E-state index < -0.39 is 0 Å². The standard InChI is InChI=1S/C14H14N4/c1-10-2-4-12-14(16-10)18-13(17-12)5-3-11-6-8-15-9-7-11/h2,4,6-9H,3,5H2,1H3,(H,16,17,18). The number of fused-ring (bicyclic) bond motifs is 1. The molecule has 0 fully saturated rings. The number of rotatable bonds is 3. The van der Waals surface area contributed by atoms with E-state index in [1.54, 1.807) is 0 Å². The number of nitrogens with zero attached hydrogens (tertiary/aromatic N) is 3. The Morgan fingerprint density at radius 1 is 1.00 bits per heavy atom. The molecule has 3 aromatic heterocycles. The molecule has 0 spiro atoms. The highest BCUT2D eigenvalue weighted by molar-refractivity contribution is 5.70. The fraction of sp³-hybridized carbons (Fsp3) is 0.214. The highest BCUT2D eigenvalue weighted by Gasteiger charge is 2.04. The van der Waals surface area contributed by atoms with Crippen LogP contribution in [0.5, 0.6) is 0 Å². The molecular formula is C14H14N4. The summed E-state index contributed by atoms with van der Waals surface area (Å²) in [5.74, 6) is 0.986. The molecule has 0 amide bonds. The van der Waals surface area contributed by atoms with Gasteiger partial charge in [0.15, 0.2) is 5.65 Å². The molecular weight excluding hydrogens is 224 g/mol. The zero-order chi connectivity index (χ0) is 12.4. The third-order valence-corrected chi connectivity index (χ3v) is 2.93. The predicted octanol–water partition coefficient (Wildman–Crippen LogP) is 2.45. The second-order valence-corrected chi connectivity index (χ2v) is 4.36. The molecule has 0 aliphatic rings. The summed E-state index contributed by atoms with van der Waals surface area (Å²) in [5, 5.41) is 0. The van der Waals surface area contributed by atoms with Crippen molar-refractivity contribution >= 4 is 11.2 Å². The Kier molecular flexibility index (Phi) is 2.76. The molecule has 3 rings (SSSR count). The zero-order valence-electron chi connectivity index (χ0n) is 10.2. The van der Waals surface area contributed by atoms with Crippen LogP contribution in [0.15, 0.2) is 36.7 Å². The van der Waals surface area contributed by atoms with Crippen molar-refractivity contribution in [2.75, 3.05) is 0 Å². The lowest BCUT2D eigenvalue weighted by Crippen LogP contribution is -1.93. The first kappa shape index (κ1) is 10.9. The molecule has 0 aliphatic carbocycles. The molecule has 1 N–H and O–H groups in total. The number of aromatic nitrogens is 4. The van der Waals surface area contributed by atoms with Gasteiger partial charge in [0.25, 0.3) is 0 Å². The second-order valence-electron chi connectivity index (χ2n) is 4.36. The third-order valence-electron chi connectivity index (χ3n) is 2.93. The Hall–Kier alpha value is -2.23. The number of hydrogen-bond donors (Lipinski definition) is 1. The van der Waals surface area contributed by atoms with Crippen LogP contribution in [0, 0.1) is 6.92 Å². The first-order valence-corrected chi connectivity index (χ1v) is 6.02. The first-order chi connectivity index (χ1) is 8.81. The third kappa shape index (κ3) is 2.22. The number of imidazole rings is 1. The van der Waals surface area contributed by atoms with Gasteiger partial charge in [0.2, 0.25) is 0 Å². The summed E-state index contributed by atoms with van der Waals surface area (Å²) in [6.45, 7) is 1.98. The summed E-state index contributed by atoms with van der Waals surface area (Å²) >= 11 is 0. The van der Waals surface area contributed by atoms with Crippen molar-refractivity contribution in [2.45, 2.75) is 19.8 Å². The van der Waals surface area contributed by atoms with Crippen molar-refractivity contribution < 1.29 is 0 Å². The average molecular weight is 238 g/mol. The smallest absolute Gasteiger partial charge is 0.177 e. The Balaban J connectivity index is 1.79. The largest absolute Gasteiger partial charge is 0.341 e. The summed E-state index contributed by atoms with van der Waals surface area (Å²) < 4.78 is 0. The minimum Gasteiger partial charge on any atom is -0.341 e. The van der Waals surface area contributed by atoms with Crippen LogP contribution in [-0.4, -0.2) is 19.9 Å². The summed E-state index contributed by atoms with van der Waals surface area (Å²) in [6, 6.07) is 8.09. The van der Waals surface area contributed by atoms with E-state index in [1.165, 1.54) is 5.56 Å². The van der Waals surface area contributed by atoms with Gasteiger partial charge >= 0.3 is 0 Å². The Labute approximate surface area is 105 Å². The monoisotopic (exact) mass is 238 g/mol. The fourth-order valence-electron chi connectivity index (χ4n) is 1.97. The SMILES string of the molecule is Cc1ccc2[nH]c(CCc3ccncc3)nc2n1. The number of hydrogen-bond acceptors (Lipinski definition) is 3. The highest BCUT2D eigenvalue weighted by Crippen LogP contribution is 2.11. The van der Waals surface area contributed by atoms with Crippen molar-refractivity contribution in [3.8, 4) is 0 Å². The van der Waals surface area contributed by atoms with Gasteiger partial charge in [-0.05, 0) is 43.2 Å². The van der Waals surface area contributed by atoms with Crippen molar-refractivity contribution in [2.24, 2.45) is 0 Å². The molecule has 4 heteroatoms. The summed E-state index contributed by atoms with van der Waals surface area (Å²) in [7, 11) is 0. The summed E-state index contributed by atoms with van der Waals surface area (Å²) in [4.78, 5) is 16.2. The molecule has 3 heterocycles. The van der Waals surface area contributed by atoms with Crippen molar-refractivity contribution in [3.05, 3.63) is 53.7 Å². The molecule has 4 nitrogen and oxygen atoms in total. The molecule has 0 saturated carbocycles. The molecule has 0 atom stereocenters. The van der Waals surface area contributed by atoms with Crippen LogP contribution in [0.3, 0.4) is 0 Å². The van der Waals surface area contributed by atoms with Crippen LogP contribution < -0.4 is 0 Å². The van der Waals surface area contributed by atoms with Gasteiger partial charge in [0, 0.05) is 24.5 Å². The van der Waals surface area contributed by atoms with Crippen molar-refractivity contribution in [1.82, 2.24) is 19.9 Å². The Morgan fingerprint density at radius 2 is 1.83 bits per heavy atom. The topological polar surface area (TPSA) is 54.5 Å². The van der Waals surface area contributed by atoms with Crippen LogP contribution in [0.25, 0.3) is 11.2 Å². The lowest BCUT2D eigenvalue weighted by Gasteiger charge is -1.97. The molecule has 0 aliphatic heterocycles. The molecule has 90 valence electrons. The van der Waals surface area contributed by atoms with Crippen molar-refractivity contribution in [3.63, 3.8) is 0 Å². The Morgan fingerprint density at radius 3 is 2.67 bits per heavy atom. The van der Waals surface area contributed by atoms with Crippen LogP contribution in [-0.2, 0) is 12.8 Å². The minimum absolute atomic E-state index is 0.805. The molecule has 0 aromatic carbocycles. The van der Waals surface area contributed by atoms with E-state index in [4.69, 9.17) is 0 Å². The number of pyridine rings is 2. The van der Waals surface area contributed by atoms with Crippen LogP contribution in [0.1, 0.15) is 17.1 Å². The zero-order valence-corrected chi connectivity index (χ0v) is 10.2. The Bertz CT molecular complexity index is 658. The van der Waals surface area contributed by atoms with E-state index in [1.807, 2.05) is 43.6 Å². The predicted molar refractivity (Wildman–Crippen MR) is 70.3 cm³/mol. The molecule has 0 bridgehead atoms. The summed E-state index contributed by atoms with van der Waals surface area (Å²) in [6.07, 6.45) is 5.48. The van der Waals surface area contributed by atoms with Crippen LogP contribution in [0.2, 0.25) is 0 Å². The van der Waals surface area contributed by atoms with E-state index in [-0.39, 0.29) is 0 Å². The van der Waals surface area contributed by atoms with Gasteiger partial charge in [0.1, 0.15) is 5.82 Å². The van der Waals surface area contributed by atoms with Gasteiger partial charge in [0.05, 0.1) is 5.52 Å². The van der Waals surface area contributed by atoms with Gasteiger partial charge in [-0.1, -0.05) is 0 Å². The molecule has 0 saturated heterocycles. The quantitative estimate of drug-likeness (QED) is 0.762. The highest BCUT2D eigenvalue weighted by atomic mass is 15.0. The molecule has 0 unspecified atom stereocenters. The maximum Gasteiger partial charge on any atom is 0.177 e. The normalized spacial score (nSPS) is 10.9. The van der Waals surface area contributed by atoms with Gasteiger partial charge in [-0.2, -0.15) is 0 Å². The number of aromatic amines is 1. The van der Waals surface area contributed by atoms with Crippen LogP contribution in [0.4, 0.5) is 0 Å². The number of aryl methyl sites for hydroxylation is 3. The van der Waals surface area contributed by atoms with Gasteiger partial charge in [-0.15, -0.1) is 0 Å². The van der Waals surface area contributed by atoms with E-state index >= 15 is 0 Å². The van der Waals surface area contributed by atoms with E-state index in [2.05, 4.69) is 19.9 Å². The molecule has 0 radical (unpaired) electrons. The van der Waals surface area contributed by atoms with E-state index in [0.717, 1.165) is 35.5 Å². The number of nitrogens with one attached hydrogen (secondary N) is 1. The maximum absolute atomic E-state index is 4.51. The van der Waals surface area contributed by atoms with Gasteiger partial charge < -0.3 is 4.98 Å². The lowest BCUT2D eigenvalue weighted by molar-refractivity contribution is 0.886. The summed E-state index contributed by atoms with van der Waals surface area (Å²) in [5.41, 5.74) is 4.08. The average Bonchev–Trinajstić information content (AvgIpc) is 2.79. The number of H-pyrrole nitrogens is 1. The van der Waals surface area contributed by atoms with Crippen LogP contribution >= 0.6 is 0 Å². The first-order valence-electron chi connectivity index (χ1n) is 6.02. The molecule has 3 aromatic rings. The second kappa shape index (κ2) is 4.56. The van der Waals surface area contributed by atoms with Gasteiger partial charge in [-0.3, -0.25) is 4.98 Å².